The van der Waals surface area contributed by atoms with Crippen molar-refractivity contribution in [2.24, 2.45) is 0 Å². The summed E-state index contributed by atoms with van der Waals surface area (Å²) in [5, 5.41) is 3.13. The van der Waals surface area contributed by atoms with Crippen LogP contribution in [0.2, 0.25) is 5.02 Å². The van der Waals surface area contributed by atoms with Gasteiger partial charge in [0.2, 0.25) is 10.0 Å². The van der Waals surface area contributed by atoms with Gasteiger partial charge >= 0.3 is 5.97 Å². The number of carbonyl (C=O) groups is 2. The van der Waals surface area contributed by atoms with Gasteiger partial charge in [0, 0.05) is 11.6 Å². The van der Waals surface area contributed by atoms with E-state index in [0.717, 1.165) is 16.7 Å². The zero-order valence-corrected chi connectivity index (χ0v) is 17.9. The first-order chi connectivity index (χ1) is 13.6. The number of hydrogen-bond acceptors (Lipinski definition) is 5. The summed E-state index contributed by atoms with van der Waals surface area (Å²) in [4.78, 5) is 24.1. The first-order valence-corrected chi connectivity index (χ1v) is 10.7. The Morgan fingerprint density at radius 3 is 2.45 bits per heavy atom. The van der Waals surface area contributed by atoms with E-state index >= 15 is 0 Å². The van der Waals surface area contributed by atoms with E-state index in [0.29, 0.717) is 5.02 Å². The van der Waals surface area contributed by atoms with Crippen molar-refractivity contribution < 1.29 is 22.7 Å². The number of amides is 1. The average molecular weight is 439 g/mol. The fourth-order valence-electron chi connectivity index (χ4n) is 2.38. The predicted molar refractivity (Wildman–Crippen MR) is 110 cm³/mol. The Morgan fingerprint density at radius 1 is 1.10 bits per heavy atom. The van der Waals surface area contributed by atoms with Gasteiger partial charge in [0.05, 0.1) is 4.90 Å². The first-order valence-electron chi connectivity index (χ1n) is 8.87. The third-order valence-corrected chi connectivity index (χ3v) is 6.05. The topological polar surface area (TPSA) is 102 Å². The van der Waals surface area contributed by atoms with Gasteiger partial charge in [0.25, 0.3) is 5.91 Å². The van der Waals surface area contributed by atoms with E-state index in [1.807, 2.05) is 6.92 Å². The summed E-state index contributed by atoms with van der Waals surface area (Å²) in [6.45, 7) is 4.66. The Bertz CT molecular complexity index is 1010. The molecule has 2 N–H and O–H groups in total. The van der Waals surface area contributed by atoms with Crippen LogP contribution in [0.3, 0.4) is 0 Å². The van der Waals surface area contributed by atoms with Crippen LogP contribution >= 0.6 is 11.6 Å². The Morgan fingerprint density at radius 2 is 1.79 bits per heavy atom. The normalized spacial score (nSPS) is 12.3. The zero-order chi connectivity index (χ0) is 21.6. The summed E-state index contributed by atoms with van der Waals surface area (Å²) in [7, 11) is -3.87. The SMILES string of the molecule is Cc1ccc(S(=O)(=O)NCC(=O)OC(C)C(=O)NCc2ccccc2Cl)cc1C. The number of hydrogen-bond donors (Lipinski definition) is 2. The highest BCUT2D eigenvalue weighted by Gasteiger charge is 2.21. The van der Waals surface area contributed by atoms with Crippen LogP contribution < -0.4 is 10.0 Å². The molecule has 0 aliphatic rings. The van der Waals surface area contributed by atoms with Crippen LogP contribution in [-0.4, -0.2) is 32.9 Å². The molecule has 0 aliphatic heterocycles. The molecule has 1 atom stereocenters. The van der Waals surface area contributed by atoms with Gasteiger partial charge in [0.1, 0.15) is 6.54 Å². The van der Waals surface area contributed by atoms with E-state index in [1.165, 1.54) is 19.1 Å². The average Bonchev–Trinajstić information content (AvgIpc) is 2.67. The quantitative estimate of drug-likeness (QED) is 0.616. The predicted octanol–water partition coefficient (Wildman–Crippen LogP) is 2.48. The van der Waals surface area contributed by atoms with E-state index in [9.17, 15) is 18.0 Å². The molecule has 0 spiro atoms. The van der Waals surface area contributed by atoms with Crippen LogP contribution in [0.25, 0.3) is 0 Å². The van der Waals surface area contributed by atoms with Crippen molar-refractivity contribution in [2.45, 2.75) is 38.3 Å². The molecular weight excluding hydrogens is 416 g/mol. The molecule has 29 heavy (non-hydrogen) atoms. The van der Waals surface area contributed by atoms with E-state index in [-0.39, 0.29) is 11.4 Å². The van der Waals surface area contributed by atoms with Gasteiger partial charge in [0.15, 0.2) is 6.10 Å². The van der Waals surface area contributed by atoms with Crippen molar-refractivity contribution >= 4 is 33.5 Å². The minimum Gasteiger partial charge on any atom is -0.452 e. The number of rotatable bonds is 8. The van der Waals surface area contributed by atoms with Gasteiger partial charge in [-0.15, -0.1) is 0 Å². The molecule has 0 heterocycles. The first kappa shape index (κ1) is 22.9. The number of nitrogens with one attached hydrogen (secondary N) is 2. The lowest BCUT2D eigenvalue weighted by atomic mass is 10.1. The number of sulfonamides is 1. The van der Waals surface area contributed by atoms with E-state index in [4.69, 9.17) is 16.3 Å². The Hall–Kier alpha value is -2.42. The molecule has 1 amide bonds. The maximum atomic E-state index is 12.3. The van der Waals surface area contributed by atoms with E-state index in [2.05, 4.69) is 10.0 Å². The molecule has 0 bridgehead atoms. The molecule has 0 saturated heterocycles. The largest absolute Gasteiger partial charge is 0.452 e. The summed E-state index contributed by atoms with van der Waals surface area (Å²) in [5.41, 5.74) is 2.50. The molecule has 0 saturated carbocycles. The third kappa shape index (κ3) is 6.56. The highest BCUT2D eigenvalue weighted by Crippen LogP contribution is 2.15. The number of esters is 1. The van der Waals surface area contributed by atoms with Gasteiger partial charge in [-0.25, -0.2) is 8.42 Å². The minimum atomic E-state index is -3.87. The number of benzene rings is 2. The minimum absolute atomic E-state index is 0.0546. The smallest absolute Gasteiger partial charge is 0.321 e. The molecule has 156 valence electrons. The summed E-state index contributed by atoms with van der Waals surface area (Å²) in [5.74, 6) is -1.38. The van der Waals surface area contributed by atoms with Crippen molar-refractivity contribution in [3.05, 3.63) is 64.2 Å². The van der Waals surface area contributed by atoms with Crippen LogP contribution in [0.15, 0.2) is 47.4 Å². The molecule has 2 aromatic carbocycles. The number of aryl methyl sites for hydroxylation is 2. The maximum absolute atomic E-state index is 12.3. The summed E-state index contributed by atoms with van der Waals surface area (Å²) >= 11 is 6.02. The number of carbonyl (C=O) groups excluding carboxylic acids is 2. The molecule has 1 unspecified atom stereocenters. The highest BCUT2D eigenvalue weighted by atomic mass is 35.5. The van der Waals surface area contributed by atoms with Crippen LogP contribution in [0.5, 0.6) is 0 Å². The second kappa shape index (κ2) is 9.87. The summed E-state index contributed by atoms with van der Waals surface area (Å²) in [6, 6.07) is 11.7. The van der Waals surface area contributed by atoms with Gasteiger partial charge < -0.3 is 10.1 Å². The Balaban J connectivity index is 1.85. The van der Waals surface area contributed by atoms with Crippen LogP contribution in [0.4, 0.5) is 0 Å². The Labute approximate surface area is 175 Å². The summed E-state index contributed by atoms with van der Waals surface area (Å²) < 4.78 is 31.8. The molecule has 7 nitrogen and oxygen atoms in total. The molecule has 0 aliphatic carbocycles. The lowest BCUT2D eigenvalue weighted by Gasteiger charge is -2.14. The number of halogens is 1. The fourth-order valence-corrected chi connectivity index (χ4v) is 3.63. The monoisotopic (exact) mass is 438 g/mol. The van der Waals surface area contributed by atoms with Gasteiger partial charge in [-0.05, 0) is 55.7 Å². The molecule has 0 radical (unpaired) electrons. The standard InChI is InChI=1S/C20H23ClN2O5S/c1-13-8-9-17(10-14(13)2)29(26,27)23-12-19(24)28-15(3)20(25)22-11-16-6-4-5-7-18(16)21/h4-10,15,23H,11-12H2,1-3H3,(H,22,25). The van der Waals surface area contributed by atoms with E-state index < -0.39 is 34.5 Å². The summed E-state index contributed by atoms with van der Waals surface area (Å²) in [6.07, 6.45) is -1.09. The van der Waals surface area contributed by atoms with Crippen molar-refractivity contribution in [1.82, 2.24) is 10.0 Å². The lowest BCUT2D eigenvalue weighted by Crippen LogP contribution is -2.38. The molecule has 2 rings (SSSR count). The molecular formula is C20H23ClN2O5S. The second-order valence-electron chi connectivity index (χ2n) is 6.51. The van der Waals surface area contributed by atoms with Gasteiger partial charge in [-0.1, -0.05) is 35.9 Å². The second-order valence-corrected chi connectivity index (χ2v) is 8.69. The van der Waals surface area contributed by atoms with Gasteiger partial charge in [-0.3, -0.25) is 9.59 Å². The third-order valence-electron chi connectivity index (χ3n) is 4.28. The molecule has 0 aromatic heterocycles. The fraction of sp³-hybridized carbons (Fsp3) is 0.300. The van der Waals surface area contributed by atoms with Crippen LogP contribution in [0.1, 0.15) is 23.6 Å². The van der Waals surface area contributed by atoms with Crippen LogP contribution in [-0.2, 0) is 30.9 Å². The Kier molecular flexibility index (Phi) is 7.78. The molecule has 2 aromatic rings. The molecule has 9 heteroatoms. The highest BCUT2D eigenvalue weighted by molar-refractivity contribution is 7.89. The number of ether oxygens (including phenoxy) is 1. The van der Waals surface area contributed by atoms with Crippen molar-refractivity contribution in [3.63, 3.8) is 0 Å². The molecule has 0 fully saturated rings. The van der Waals surface area contributed by atoms with E-state index in [1.54, 1.807) is 37.3 Å². The van der Waals surface area contributed by atoms with Crippen LogP contribution in [0, 0.1) is 13.8 Å². The van der Waals surface area contributed by atoms with Crippen molar-refractivity contribution in [2.75, 3.05) is 6.54 Å². The maximum Gasteiger partial charge on any atom is 0.321 e. The van der Waals surface area contributed by atoms with Gasteiger partial charge in [-0.2, -0.15) is 4.72 Å². The van der Waals surface area contributed by atoms with Crippen molar-refractivity contribution in [1.29, 1.82) is 0 Å². The lowest BCUT2D eigenvalue weighted by molar-refractivity contribution is -0.153. The van der Waals surface area contributed by atoms with Crippen molar-refractivity contribution in [3.8, 4) is 0 Å². The zero-order valence-electron chi connectivity index (χ0n) is 16.4.